The SMILES string of the molecule is COC(CN)C(=O)N1CCC2CCCCC21. The van der Waals surface area contributed by atoms with Crippen molar-refractivity contribution in [3.63, 3.8) is 0 Å². The lowest BCUT2D eigenvalue weighted by molar-refractivity contribution is -0.143. The summed E-state index contributed by atoms with van der Waals surface area (Å²) in [5.41, 5.74) is 5.55. The molecule has 16 heavy (non-hydrogen) atoms. The van der Waals surface area contributed by atoms with Crippen molar-refractivity contribution in [3.05, 3.63) is 0 Å². The maximum absolute atomic E-state index is 12.2. The fourth-order valence-electron chi connectivity index (χ4n) is 3.16. The fourth-order valence-corrected chi connectivity index (χ4v) is 3.16. The number of ether oxygens (including phenoxy) is 1. The van der Waals surface area contributed by atoms with Crippen molar-refractivity contribution in [1.82, 2.24) is 4.90 Å². The first-order valence-corrected chi connectivity index (χ1v) is 6.31. The number of methoxy groups -OCH3 is 1. The largest absolute Gasteiger partial charge is 0.370 e. The number of nitrogens with two attached hydrogens (primary N) is 1. The van der Waals surface area contributed by atoms with Crippen molar-refractivity contribution in [2.24, 2.45) is 11.7 Å². The number of carbonyl (C=O) groups excluding carboxylic acids is 1. The van der Waals surface area contributed by atoms with Crippen LogP contribution in [0.4, 0.5) is 0 Å². The van der Waals surface area contributed by atoms with E-state index in [9.17, 15) is 4.79 Å². The average Bonchev–Trinajstić information content (AvgIpc) is 2.74. The minimum atomic E-state index is -0.444. The van der Waals surface area contributed by atoms with E-state index in [-0.39, 0.29) is 12.5 Å². The Morgan fingerprint density at radius 2 is 2.19 bits per heavy atom. The van der Waals surface area contributed by atoms with E-state index in [1.54, 1.807) is 7.11 Å². The Bertz CT molecular complexity index is 253. The molecule has 0 spiro atoms. The van der Waals surface area contributed by atoms with Crippen LogP contribution in [0.1, 0.15) is 32.1 Å². The minimum Gasteiger partial charge on any atom is -0.370 e. The summed E-state index contributed by atoms with van der Waals surface area (Å²) in [4.78, 5) is 14.2. The van der Waals surface area contributed by atoms with Crippen LogP contribution in [-0.4, -0.2) is 43.2 Å². The molecule has 1 heterocycles. The predicted molar refractivity (Wildman–Crippen MR) is 61.9 cm³/mol. The Morgan fingerprint density at radius 1 is 1.44 bits per heavy atom. The molecule has 0 aromatic heterocycles. The first-order chi connectivity index (χ1) is 7.77. The lowest BCUT2D eigenvalue weighted by atomic mass is 9.85. The smallest absolute Gasteiger partial charge is 0.253 e. The molecule has 4 nitrogen and oxygen atoms in total. The van der Waals surface area contributed by atoms with Crippen LogP contribution in [-0.2, 0) is 9.53 Å². The number of carbonyl (C=O) groups is 1. The molecule has 2 fully saturated rings. The molecule has 4 heteroatoms. The van der Waals surface area contributed by atoms with Gasteiger partial charge in [0.2, 0.25) is 0 Å². The van der Waals surface area contributed by atoms with Crippen molar-refractivity contribution in [2.45, 2.75) is 44.2 Å². The highest BCUT2D eigenvalue weighted by Gasteiger charge is 2.39. The van der Waals surface area contributed by atoms with Crippen molar-refractivity contribution in [2.75, 3.05) is 20.2 Å². The van der Waals surface area contributed by atoms with Crippen LogP contribution in [0.3, 0.4) is 0 Å². The third-order valence-electron chi connectivity index (χ3n) is 4.07. The Labute approximate surface area is 97.1 Å². The molecule has 2 aliphatic rings. The first kappa shape index (κ1) is 11.9. The van der Waals surface area contributed by atoms with Crippen LogP contribution in [0.5, 0.6) is 0 Å². The average molecular weight is 226 g/mol. The summed E-state index contributed by atoms with van der Waals surface area (Å²) in [6.07, 6.45) is 5.75. The minimum absolute atomic E-state index is 0.0967. The Kier molecular flexibility index (Phi) is 3.82. The zero-order valence-electron chi connectivity index (χ0n) is 10.0. The fraction of sp³-hybridized carbons (Fsp3) is 0.917. The predicted octanol–water partition coefficient (Wildman–Crippen LogP) is 0.751. The van der Waals surface area contributed by atoms with Crippen molar-refractivity contribution in [3.8, 4) is 0 Å². The van der Waals surface area contributed by atoms with Crippen LogP contribution < -0.4 is 5.73 Å². The number of rotatable bonds is 3. The van der Waals surface area contributed by atoms with E-state index in [0.717, 1.165) is 25.3 Å². The van der Waals surface area contributed by atoms with E-state index < -0.39 is 6.10 Å². The molecule has 1 amide bonds. The zero-order valence-corrected chi connectivity index (χ0v) is 10.0. The van der Waals surface area contributed by atoms with Gasteiger partial charge in [-0.2, -0.15) is 0 Å². The first-order valence-electron chi connectivity index (χ1n) is 6.31. The van der Waals surface area contributed by atoms with Crippen molar-refractivity contribution >= 4 is 5.91 Å². The van der Waals surface area contributed by atoms with Crippen LogP contribution in [0.2, 0.25) is 0 Å². The van der Waals surface area contributed by atoms with Crippen molar-refractivity contribution in [1.29, 1.82) is 0 Å². The summed E-state index contributed by atoms with van der Waals surface area (Å²) in [6, 6.07) is 0.463. The molecule has 0 bridgehead atoms. The van der Waals surface area contributed by atoms with Gasteiger partial charge in [0.1, 0.15) is 6.10 Å². The summed E-state index contributed by atoms with van der Waals surface area (Å²) in [7, 11) is 1.56. The molecule has 3 unspecified atom stereocenters. The molecule has 1 saturated carbocycles. The highest BCUT2D eigenvalue weighted by atomic mass is 16.5. The van der Waals surface area contributed by atoms with Gasteiger partial charge in [-0.1, -0.05) is 12.8 Å². The highest BCUT2D eigenvalue weighted by molar-refractivity contribution is 5.81. The number of fused-ring (bicyclic) bond motifs is 1. The van der Waals surface area contributed by atoms with Gasteiger partial charge in [-0.05, 0) is 25.2 Å². The molecular formula is C12H22N2O2. The van der Waals surface area contributed by atoms with Crippen LogP contribution >= 0.6 is 0 Å². The maximum atomic E-state index is 12.2. The standard InChI is InChI=1S/C12H22N2O2/c1-16-11(8-13)12(15)14-7-6-9-4-2-3-5-10(9)14/h9-11H,2-8,13H2,1H3. The molecule has 2 rings (SSSR count). The van der Waals surface area contributed by atoms with E-state index in [2.05, 4.69) is 0 Å². The molecule has 92 valence electrons. The highest BCUT2D eigenvalue weighted by Crippen LogP contribution is 2.36. The second-order valence-electron chi connectivity index (χ2n) is 4.89. The second-order valence-corrected chi connectivity index (χ2v) is 4.89. The van der Waals surface area contributed by atoms with Gasteiger partial charge in [-0.25, -0.2) is 0 Å². The molecule has 0 aromatic carbocycles. The maximum Gasteiger partial charge on any atom is 0.253 e. The van der Waals surface area contributed by atoms with Crippen LogP contribution in [0, 0.1) is 5.92 Å². The van der Waals surface area contributed by atoms with Gasteiger partial charge in [0, 0.05) is 26.2 Å². The molecule has 1 aliphatic carbocycles. The van der Waals surface area contributed by atoms with Gasteiger partial charge in [0.15, 0.2) is 0 Å². The van der Waals surface area contributed by atoms with Gasteiger partial charge in [-0.15, -0.1) is 0 Å². The van der Waals surface area contributed by atoms with Gasteiger partial charge >= 0.3 is 0 Å². The number of amides is 1. The normalized spacial score (nSPS) is 31.2. The van der Waals surface area contributed by atoms with Gasteiger partial charge < -0.3 is 15.4 Å². The van der Waals surface area contributed by atoms with Gasteiger partial charge in [0.25, 0.3) is 5.91 Å². The summed E-state index contributed by atoms with van der Waals surface area (Å²) in [5, 5.41) is 0. The van der Waals surface area contributed by atoms with Crippen LogP contribution in [0.15, 0.2) is 0 Å². The molecule has 1 saturated heterocycles. The molecule has 1 aliphatic heterocycles. The number of nitrogens with zero attached hydrogens (tertiary/aromatic N) is 1. The summed E-state index contributed by atoms with van der Waals surface area (Å²) >= 11 is 0. The lowest BCUT2D eigenvalue weighted by Crippen LogP contribution is -2.47. The molecule has 2 N–H and O–H groups in total. The van der Waals surface area contributed by atoms with Gasteiger partial charge in [-0.3, -0.25) is 4.79 Å². The van der Waals surface area contributed by atoms with Crippen LogP contribution in [0.25, 0.3) is 0 Å². The summed E-state index contributed by atoms with van der Waals surface area (Å²) < 4.78 is 5.14. The van der Waals surface area contributed by atoms with E-state index >= 15 is 0 Å². The Morgan fingerprint density at radius 3 is 2.88 bits per heavy atom. The van der Waals surface area contributed by atoms with E-state index in [0.29, 0.717) is 6.04 Å². The summed E-state index contributed by atoms with van der Waals surface area (Å²) in [5.74, 6) is 0.826. The van der Waals surface area contributed by atoms with Crippen molar-refractivity contribution < 1.29 is 9.53 Å². The Balaban J connectivity index is 2.01. The molecule has 0 aromatic rings. The number of likely N-dealkylation sites (tertiary alicyclic amines) is 1. The third-order valence-corrected chi connectivity index (χ3v) is 4.07. The quantitative estimate of drug-likeness (QED) is 0.772. The van der Waals surface area contributed by atoms with E-state index in [1.807, 2.05) is 4.90 Å². The third kappa shape index (κ3) is 2.09. The van der Waals surface area contributed by atoms with Gasteiger partial charge in [0.05, 0.1) is 0 Å². The second kappa shape index (κ2) is 5.15. The van der Waals surface area contributed by atoms with E-state index in [4.69, 9.17) is 10.5 Å². The van der Waals surface area contributed by atoms with E-state index in [1.165, 1.54) is 19.3 Å². The Hall–Kier alpha value is -0.610. The summed E-state index contributed by atoms with van der Waals surface area (Å²) in [6.45, 7) is 1.18. The number of hydrogen-bond acceptors (Lipinski definition) is 3. The molecular weight excluding hydrogens is 204 g/mol. The molecule has 3 atom stereocenters. The molecule has 0 radical (unpaired) electrons. The zero-order chi connectivity index (χ0) is 11.5. The lowest BCUT2D eigenvalue weighted by Gasteiger charge is -2.33. The topological polar surface area (TPSA) is 55.6 Å². The number of hydrogen-bond donors (Lipinski definition) is 1. The monoisotopic (exact) mass is 226 g/mol.